The molecule has 4 N–H and O–H groups in total. The van der Waals surface area contributed by atoms with Gasteiger partial charge in [-0.15, -0.1) is 5.10 Å². The Hall–Kier alpha value is -3.65. The van der Waals surface area contributed by atoms with Crippen LogP contribution >= 0.6 is 0 Å². The number of piperidine rings is 1. The van der Waals surface area contributed by atoms with Gasteiger partial charge in [-0.05, 0) is 63.4 Å². The molecule has 2 fully saturated rings. The van der Waals surface area contributed by atoms with Gasteiger partial charge in [0.05, 0.1) is 5.69 Å². The molecule has 176 valence electrons. The molecule has 2 aliphatic rings. The Balaban J connectivity index is 1.56. The highest BCUT2D eigenvalue weighted by molar-refractivity contribution is 6.13. The van der Waals surface area contributed by atoms with Crippen LogP contribution in [-0.4, -0.2) is 46.7 Å². The zero-order valence-corrected chi connectivity index (χ0v) is 19.2. The number of aryl methyl sites for hydroxylation is 1. The fourth-order valence-corrected chi connectivity index (χ4v) is 4.17. The Morgan fingerprint density at radius 2 is 1.79 bits per heavy atom. The molecule has 1 saturated carbocycles. The summed E-state index contributed by atoms with van der Waals surface area (Å²) in [6, 6.07) is 14.7. The smallest absolute Gasteiger partial charge is 0.251 e. The number of ketones is 1. The minimum absolute atomic E-state index is 0.0527. The molecule has 8 nitrogen and oxygen atoms in total. The van der Waals surface area contributed by atoms with Gasteiger partial charge in [-0.1, -0.05) is 36.4 Å². The van der Waals surface area contributed by atoms with Crippen molar-refractivity contribution in [3.63, 3.8) is 0 Å². The van der Waals surface area contributed by atoms with Crippen LogP contribution < -0.4 is 21.1 Å². The number of amides is 1. The monoisotopic (exact) mass is 459 g/mol. The quantitative estimate of drug-likeness (QED) is 0.469. The van der Waals surface area contributed by atoms with Crippen molar-refractivity contribution in [1.82, 2.24) is 20.4 Å². The van der Waals surface area contributed by atoms with Crippen molar-refractivity contribution < 1.29 is 14.3 Å². The van der Waals surface area contributed by atoms with Crippen LogP contribution in [0.1, 0.15) is 57.5 Å². The van der Waals surface area contributed by atoms with Crippen molar-refractivity contribution >= 4 is 17.5 Å². The van der Waals surface area contributed by atoms with Gasteiger partial charge in [0, 0.05) is 17.2 Å². The maximum absolute atomic E-state index is 13.5. The highest BCUT2D eigenvalue weighted by Gasteiger charge is 2.29. The van der Waals surface area contributed by atoms with Crippen molar-refractivity contribution in [3.8, 4) is 11.6 Å². The minimum Gasteiger partial charge on any atom is -0.473 e. The number of carbonyl (C=O) groups excluding carboxylic acids is 2. The number of hydrogen-bond donors (Lipinski definition) is 3. The molecule has 1 aliphatic heterocycles. The number of nitrogens with zero attached hydrogens (tertiary/aromatic N) is 2. The SMILES string of the molecule is Cc1ccc(C(=O)NC2CC2)cc1-n1nc(OC2CCNCC2)c(C(=O)c2ccccc2)c1N. The summed E-state index contributed by atoms with van der Waals surface area (Å²) in [5.74, 6) is 0.0564. The largest absolute Gasteiger partial charge is 0.473 e. The van der Waals surface area contributed by atoms with Crippen LogP contribution in [-0.2, 0) is 0 Å². The molecule has 1 aliphatic carbocycles. The lowest BCUT2D eigenvalue weighted by atomic mass is 10.0. The Morgan fingerprint density at radius 3 is 2.50 bits per heavy atom. The molecule has 1 aromatic heterocycles. The first kappa shape index (κ1) is 22.2. The highest BCUT2D eigenvalue weighted by atomic mass is 16.5. The van der Waals surface area contributed by atoms with Gasteiger partial charge in [0.1, 0.15) is 17.5 Å². The van der Waals surface area contributed by atoms with Gasteiger partial charge in [0.15, 0.2) is 0 Å². The standard InChI is InChI=1S/C26H29N5O3/c1-16-7-8-18(25(33)29-19-9-10-19)15-21(16)31-24(27)22(23(32)17-5-3-2-4-6-17)26(30-31)34-20-11-13-28-14-12-20/h2-8,15,19-20,28H,9-14,27H2,1H3,(H,29,33). The van der Waals surface area contributed by atoms with Gasteiger partial charge in [-0.3, -0.25) is 9.59 Å². The number of aromatic nitrogens is 2. The summed E-state index contributed by atoms with van der Waals surface area (Å²) in [5, 5.41) is 11.0. The Bertz CT molecular complexity index is 1210. The van der Waals surface area contributed by atoms with Crippen LogP contribution in [0.25, 0.3) is 5.69 Å². The summed E-state index contributed by atoms with van der Waals surface area (Å²) >= 11 is 0. The number of nitrogen functional groups attached to an aromatic ring is 1. The van der Waals surface area contributed by atoms with E-state index in [4.69, 9.17) is 10.5 Å². The van der Waals surface area contributed by atoms with Gasteiger partial charge in [0.25, 0.3) is 5.91 Å². The number of benzene rings is 2. The number of anilines is 1. The molecule has 8 heteroatoms. The molecule has 0 unspecified atom stereocenters. The predicted octanol–water partition coefficient (Wildman–Crippen LogP) is 3.02. The number of nitrogens with one attached hydrogen (secondary N) is 2. The second-order valence-corrected chi connectivity index (χ2v) is 8.99. The van der Waals surface area contributed by atoms with Gasteiger partial charge >= 0.3 is 0 Å². The van der Waals surface area contributed by atoms with E-state index in [2.05, 4.69) is 15.7 Å². The van der Waals surface area contributed by atoms with Crippen LogP contribution in [0.15, 0.2) is 48.5 Å². The summed E-state index contributed by atoms with van der Waals surface area (Å²) in [7, 11) is 0. The molecule has 2 aromatic carbocycles. The third kappa shape index (κ3) is 4.54. The third-order valence-electron chi connectivity index (χ3n) is 6.33. The van der Waals surface area contributed by atoms with Crippen LogP contribution in [0.2, 0.25) is 0 Å². The van der Waals surface area contributed by atoms with Crippen molar-refractivity contribution in [1.29, 1.82) is 0 Å². The summed E-state index contributed by atoms with van der Waals surface area (Å²) in [6.45, 7) is 3.62. The summed E-state index contributed by atoms with van der Waals surface area (Å²) < 4.78 is 7.76. The molecule has 34 heavy (non-hydrogen) atoms. The van der Waals surface area contributed by atoms with E-state index >= 15 is 0 Å². The van der Waals surface area contributed by atoms with Crippen LogP contribution in [0.4, 0.5) is 5.82 Å². The van der Waals surface area contributed by atoms with E-state index in [1.807, 2.05) is 31.2 Å². The van der Waals surface area contributed by atoms with Crippen LogP contribution in [0.3, 0.4) is 0 Å². The second-order valence-electron chi connectivity index (χ2n) is 8.99. The zero-order valence-electron chi connectivity index (χ0n) is 19.2. The van der Waals surface area contributed by atoms with Crippen molar-refractivity contribution in [2.75, 3.05) is 18.8 Å². The molecule has 1 saturated heterocycles. The van der Waals surface area contributed by atoms with Crippen molar-refractivity contribution in [2.24, 2.45) is 0 Å². The number of nitrogens with two attached hydrogens (primary N) is 1. The first-order chi connectivity index (χ1) is 16.5. The Kier molecular flexibility index (Phi) is 6.06. The Morgan fingerprint density at radius 1 is 1.06 bits per heavy atom. The summed E-state index contributed by atoms with van der Waals surface area (Å²) in [6.07, 6.45) is 3.61. The number of rotatable bonds is 7. The van der Waals surface area contributed by atoms with Crippen molar-refractivity contribution in [2.45, 2.75) is 44.8 Å². The van der Waals surface area contributed by atoms with Gasteiger partial charge in [-0.2, -0.15) is 0 Å². The lowest BCUT2D eigenvalue weighted by Gasteiger charge is -2.23. The summed E-state index contributed by atoms with van der Waals surface area (Å²) in [5.41, 5.74) is 9.36. The summed E-state index contributed by atoms with van der Waals surface area (Å²) in [4.78, 5) is 26.1. The average molecular weight is 460 g/mol. The molecule has 5 rings (SSSR count). The van der Waals surface area contributed by atoms with Gasteiger partial charge < -0.3 is 21.1 Å². The number of hydrogen-bond acceptors (Lipinski definition) is 6. The van der Waals surface area contributed by atoms with E-state index in [0.717, 1.165) is 44.3 Å². The molecule has 0 spiro atoms. The number of ether oxygens (including phenoxy) is 1. The van der Waals surface area contributed by atoms with Crippen LogP contribution in [0, 0.1) is 6.92 Å². The first-order valence-electron chi connectivity index (χ1n) is 11.8. The molecule has 1 amide bonds. The molecule has 2 heterocycles. The first-order valence-corrected chi connectivity index (χ1v) is 11.8. The molecular weight excluding hydrogens is 430 g/mol. The van der Waals surface area contributed by atoms with Gasteiger partial charge in [0.2, 0.25) is 11.7 Å². The third-order valence-corrected chi connectivity index (χ3v) is 6.33. The maximum atomic E-state index is 13.5. The maximum Gasteiger partial charge on any atom is 0.251 e. The predicted molar refractivity (Wildman–Crippen MR) is 130 cm³/mol. The van der Waals surface area contributed by atoms with Crippen LogP contribution in [0.5, 0.6) is 5.88 Å². The van der Waals surface area contributed by atoms with Gasteiger partial charge in [-0.25, -0.2) is 4.68 Å². The normalized spacial score (nSPS) is 16.3. The topological polar surface area (TPSA) is 111 Å². The van der Waals surface area contributed by atoms with E-state index in [1.165, 1.54) is 4.68 Å². The Labute approximate surface area is 198 Å². The molecule has 0 bridgehead atoms. The fourth-order valence-electron chi connectivity index (χ4n) is 4.17. The molecule has 0 atom stereocenters. The second kappa shape index (κ2) is 9.30. The average Bonchev–Trinajstić information content (AvgIpc) is 3.62. The van der Waals surface area contributed by atoms with E-state index < -0.39 is 0 Å². The zero-order chi connectivity index (χ0) is 23.7. The minimum atomic E-state index is -0.242. The molecule has 3 aromatic rings. The van der Waals surface area contributed by atoms with E-state index in [-0.39, 0.29) is 41.1 Å². The van der Waals surface area contributed by atoms with E-state index in [0.29, 0.717) is 16.8 Å². The molecule has 0 radical (unpaired) electrons. The highest BCUT2D eigenvalue weighted by Crippen LogP contribution is 2.32. The lowest BCUT2D eigenvalue weighted by molar-refractivity contribution is 0.0950. The lowest BCUT2D eigenvalue weighted by Crippen LogP contribution is -2.34. The number of carbonyl (C=O) groups is 2. The fraction of sp³-hybridized carbons (Fsp3) is 0.346. The van der Waals surface area contributed by atoms with Crippen molar-refractivity contribution in [3.05, 3.63) is 70.8 Å². The van der Waals surface area contributed by atoms with E-state index in [9.17, 15) is 9.59 Å². The molecular formula is C26H29N5O3. The van der Waals surface area contributed by atoms with E-state index in [1.54, 1.807) is 24.3 Å².